The molecule has 240 valence electrons. The maximum absolute atomic E-state index is 13.7. The van der Waals surface area contributed by atoms with Gasteiger partial charge >= 0.3 is 0 Å². The van der Waals surface area contributed by atoms with Crippen molar-refractivity contribution in [3.05, 3.63) is 17.7 Å². The summed E-state index contributed by atoms with van der Waals surface area (Å²) >= 11 is 0. The zero-order valence-corrected chi connectivity index (χ0v) is 26.3. The SMILES string of the molecule is COc1cc(C(=O)NC2CCN(C(=O)C(NC(=O)C(CC3CCCC3)CN(O)C=O)C(C)(C)C)CC2)cc(OC)c1OC. The summed E-state index contributed by atoms with van der Waals surface area (Å²) < 4.78 is 16.1. The van der Waals surface area contributed by atoms with Crippen molar-refractivity contribution in [2.24, 2.45) is 17.3 Å². The number of nitrogens with one attached hydrogen (secondary N) is 2. The van der Waals surface area contributed by atoms with Gasteiger partial charge in [-0.2, -0.15) is 0 Å². The summed E-state index contributed by atoms with van der Waals surface area (Å²) in [6.07, 6.45) is 6.21. The second kappa shape index (κ2) is 15.3. The molecule has 1 aliphatic heterocycles. The molecule has 3 rings (SSSR count). The van der Waals surface area contributed by atoms with Gasteiger partial charge in [0.2, 0.25) is 24.0 Å². The maximum atomic E-state index is 13.7. The number of hydrogen-bond acceptors (Lipinski definition) is 8. The minimum Gasteiger partial charge on any atom is -0.493 e. The third-order valence-electron chi connectivity index (χ3n) is 8.46. The van der Waals surface area contributed by atoms with Crippen LogP contribution in [0.5, 0.6) is 17.2 Å². The molecule has 2 unspecified atom stereocenters. The Morgan fingerprint density at radius 3 is 2.09 bits per heavy atom. The van der Waals surface area contributed by atoms with Gasteiger partial charge in [0.1, 0.15) is 6.04 Å². The van der Waals surface area contributed by atoms with E-state index in [-0.39, 0.29) is 30.3 Å². The fourth-order valence-electron chi connectivity index (χ4n) is 6.00. The zero-order chi connectivity index (χ0) is 31.7. The second-order valence-corrected chi connectivity index (χ2v) is 12.6. The Morgan fingerprint density at radius 1 is 1.02 bits per heavy atom. The second-order valence-electron chi connectivity index (χ2n) is 12.6. The van der Waals surface area contributed by atoms with Crippen LogP contribution in [0.1, 0.15) is 76.1 Å². The van der Waals surface area contributed by atoms with E-state index < -0.39 is 17.4 Å². The number of rotatable bonds is 13. The summed E-state index contributed by atoms with van der Waals surface area (Å²) in [5.41, 5.74) is -0.210. The number of piperidine rings is 1. The molecule has 1 aromatic carbocycles. The van der Waals surface area contributed by atoms with Gasteiger partial charge in [-0.25, -0.2) is 5.06 Å². The molecule has 0 bridgehead atoms. The highest BCUT2D eigenvalue weighted by Crippen LogP contribution is 2.38. The minimum absolute atomic E-state index is 0.117. The summed E-state index contributed by atoms with van der Waals surface area (Å²) in [4.78, 5) is 53.1. The van der Waals surface area contributed by atoms with Crippen LogP contribution in [0.4, 0.5) is 0 Å². The number of hydrogen-bond donors (Lipinski definition) is 3. The molecule has 4 amide bonds. The molecule has 12 nitrogen and oxygen atoms in total. The Morgan fingerprint density at radius 2 is 1.60 bits per heavy atom. The number of nitrogens with zero attached hydrogens (tertiary/aromatic N) is 2. The van der Waals surface area contributed by atoms with Gasteiger partial charge in [-0.05, 0) is 42.7 Å². The van der Waals surface area contributed by atoms with Crippen molar-refractivity contribution < 1.29 is 38.6 Å². The molecule has 2 aliphatic rings. The molecule has 2 atom stereocenters. The first-order chi connectivity index (χ1) is 20.4. The molecule has 1 aromatic rings. The molecule has 12 heteroatoms. The Balaban J connectivity index is 1.64. The van der Waals surface area contributed by atoms with Gasteiger partial charge < -0.3 is 29.7 Å². The first-order valence-electron chi connectivity index (χ1n) is 15.0. The summed E-state index contributed by atoms with van der Waals surface area (Å²) in [5, 5.41) is 16.4. The van der Waals surface area contributed by atoms with E-state index in [1.165, 1.54) is 21.3 Å². The van der Waals surface area contributed by atoms with Crippen LogP contribution in [0.25, 0.3) is 0 Å². The van der Waals surface area contributed by atoms with Crippen molar-refractivity contribution in [2.45, 2.75) is 77.8 Å². The van der Waals surface area contributed by atoms with Crippen molar-refractivity contribution in [1.29, 1.82) is 0 Å². The fourth-order valence-corrected chi connectivity index (χ4v) is 6.00. The van der Waals surface area contributed by atoms with E-state index in [4.69, 9.17) is 14.2 Å². The Labute approximate surface area is 254 Å². The average molecular weight is 605 g/mol. The summed E-state index contributed by atoms with van der Waals surface area (Å²) in [7, 11) is 4.47. The van der Waals surface area contributed by atoms with E-state index in [0.29, 0.717) is 72.6 Å². The summed E-state index contributed by atoms with van der Waals surface area (Å²) in [5.74, 6) is 0.0827. The van der Waals surface area contributed by atoms with E-state index in [9.17, 15) is 24.4 Å². The summed E-state index contributed by atoms with van der Waals surface area (Å²) in [6.45, 7) is 6.42. The maximum Gasteiger partial charge on any atom is 0.251 e. The average Bonchev–Trinajstić information content (AvgIpc) is 3.51. The quantitative estimate of drug-likeness (QED) is 0.177. The van der Waals surface area contributed by atoms with Gasteiger partial charge in [0, 0.05) is 24.7 Å². The molecule has 3 N–H and O–H groups in total. The topological polar surface area (TPSA) is 147 Å². The first-order valence-corrected chi connectivity index (χ1v) is 15.0. The number of likely N-dealkylation sites (tertiary alicyclic amines) is 1. The third-order valence-corrected chi connectivity index (χ3v) is 8.46. The molecular weight excluding hydrogens is 556 g/mol. The predicted octanol–water partition coefficient (Wildman–Crippen LogP) is 3.01. The van der Waals surface area contributed by atoms with Gasteiger partial charge in [0.25, 0.3) is 5.91 Å². The van der Waals surface area contributed by atoms with Crippen LogP contribution in [-0.2, 0) is 14.4 Å². The normalized spacial score (nSPS) is 17.5. The van der Waals surface area contributed by atoms with E-state index in [1.54, 1.807) is 17.0 Å². The van der Waals surface area contributed by atoms with Crippen LogP contribution in [-0.4, -0.2) is 92.3 Å². The van der Waals surface area contributed by atoms with Crippen LogP contribution < -0.4 is 24.8 Å². The van der Waals surface area contributed by atoms with E-state index in [2.05, 4.69) is 10.6 Å². The summed E-state index contributed by atoms with van der Waals surface area (Å²) in [6, 6.07) is 2.25. The number of hydroxylamine groups is 2. The monoisotopic (exact) mass is 604 g/mol. The molecule has 2 fully saturated rings. The van der Waals surface area contributed by atoms with Crippen LogP contribution in [0, 0.1) is 17.3 Å². The van der Waals surface area contributed by atoms with Gasteiger partial charge in [0.15, 0.2) is 11.5 Å². The molecule has 1 aliphatic carbocycles. The van der Waals surface area contributed by atoms with Gasteiger partial charge in [-0.15, -0.1) is 0 Å². The first kappa shape index (κ1) is 34.0. The lowest BCUT2D eigenvalue weighted by Crippen LogP contribution is -2.58. The highest BCUT2D eigenvalue weighted by Gasteiger charge is 2.39. The molecule has 43 heavy (non-hydrogen) atoms. The number of carbonyl (C=O) groups excluding carboxylic acids is 4. The lowest BCUT2D eigenvalue weighted by atomic mass is 9.84. The Kier molecular flexibility index (Phi) is 12.1. The number of amides is 4. The molecular formula is C31H48N4O8. The predicted molar refractivity (Wildman–Crippen MR) is 159 cm³/mol. The number of ether oxygens (including phenoxy) is 3. The Bertz CT molecular complexity index is 1100. The van der Waals surface area contributed by atoms with Crippen molar-refractivity contribution in [3.8, 4) is 17.2 Å². The van der Waals surface area contributed by atoms with Crippen LogP contribution in [0.3, 0.4) is 0 Å². The Hall–Kier alpha value is -3.54. The standard InChI is InChI=1S/C31H48N4O8/c1-31(2,3)27(33-29(38)22(18-35(40)19-36)15-20-9-7-8-10-20)30(39)34-13-11-23(12-14-34)32-28(37)21-16-24(41-4)26(43-6)25(17-21)42-5/h16-17,19-20,22-23,27,40H,7-15,18H2,1-6H3,(H,32,37)(H,33,38). The molecule has 1 saturated carbocycles. The van der Waals surface area contributed by atoms with Crippen molar-refractivity contribution >= 4 is 24.1 Å². The van der Waals surface area contributed by atoms with Gasteiger partial charge in [-0.1, -0.05) is 46.5 Å². The number of methoxy groups -OCH3 is 3. The van der Waals surface area contributed by atoms with Crippen LogP contribution >= 0.6 is 0 Å². The third kappa shape index (κ3) is 8.98. The largest absolute Gasteiger partial charge is 0.493 e. The zero-order valence-electron chi connectivity index (χ0n) is 26.3. The van der Waals surface area contributed by atoms with Gasteiger partial charge in [0.05, 0.1) is 33.8 Å². The molecule has 0 radical (unpaired) electrons. The van der Waals surface area contributed by atoms with E-state index in [0.717, 1.165) is 25.7 Å². The smallest absolute Gasteiger partial charge is 0.251 e. The molecule has 1 saturated heterocycles. The van der Waals surface area contributed by atoms with Crippen molar-refractivity contribution in [2.75, 3.05) is 41.0 Å². The fraction of sp³-hybridized carbons (Fsp3) is 0.677. The number of carbonyl (C=O) groups is 4. The van der Waals surface area contributed by atoms with E-state index >= 15 is 0 Å². The lowest BCUT2D eigenvalue weighted by Gasteiger charge is -2.39. The van der Waals surface area contributed by atoms with Gasteiger partial charge in [-0.3, -0.25) is 24.4 Å². The number of benzene rings is 1. The minimum atomic E-state index is -0.792. The highest BCUT2D eigenvalue weighted by atomic mass is 16.5. The van der Waals surface area contributed by atoms with Crippen LogP contribution in [0.15, 0.2) is 12.1 Å². The van der Waals surface area contributed by atoms with E-state index in [1.807, 2.05) is 20.8 Å². The highest BCUT2D eigenvalue weighted by molar-refractivity contribution is 5.96. The molecule has 1 heterocycles. The van der Waals surface area contributed by atoms with Crippen LogP contribution in [0.2, 0.25) is 0 Å². The molecule has 0 aromatic heterocycles. The molecule has 0 spiro atoms. The lowest BCUT2D eigenvalue weighted by molar-refractivity contribution is -0.156. The van der Waals surface area contributed by atoms with Crippen molar-refractivity contribution in [1.82, 2.24) is 20.6 Å². The van der Waals surface area contributed by atoms with Crippen molar-refractivity contribution in [3.63, 3.8) is 0 Å².